The Bertz CT molecular complexity index is 490. The molecular formula is C12H16N2O7. The lowest BCUT2D eigenvalue weighted by molar-refractivity contribution is -0.126. The zero-order chi connectivity index (χ0) is 15.6. The second-order valence-corrected chi connectivity index (χ2v) is 4.64. The third-order valence-corrected chi connectivity index (χ3v) is 3.33. The molecule has 1 saturated heterocycles. The van der Waals surface area contributed by atoms with Gasteiger partial charge in [-0.25, -0.2) is 4.79 Å². The summed E-state index contributed by atoms with van der Waals surface area (Å²) in [5.74, 6) is -1.54. The Morgan fingerprint density at radius 1 is 1.48 bits per heavy atom. The summed E-state index contributed by atoms with van der Waals surface area (Å²) in [7, 11) is 1.17. The molecule has 0 aromatic carbocycles. The lowest BCUT2D eigenvalue weighted by Gasteiger charge is -2.22. The van der Waals surface area contributed by atoms with Crippen LogP contribution in [0.5, 0.6) is 0 Å². The van der Waals surface area contributed by atoms with Crippen LogP contribution in [0, 0.1) is 5.92 Å². The summed E-state index contributed by atoms with van der Waals surface area (Å²) in [6, 6.07) is 0. The van der Waals surface area contributed by atoms with Crippen LogP contribution in [0.4, 0.5) is 4.79 Å². The van der Waals surface area contributed by atoms with E-state index in [4.69, 9.17) is 9.84 Å². The van der Waals surface area contributed by atoms with Gasteiger partial charge in [0.15, 0.2) is 0 Å². The molecule has 5 atom stereocenters. The van der Waals surface area contributed by atoms with Crippen molar-refractivity contribution in [3.8, 4) is 0 Å². The molecule has 0 bridgehead atoms. The molecule has 1 fully saturated rings. The second-order valence-electron chi connectivity index (χ2n) is 4.64. The van der Waals surface area contributed by atoms with Gasteiger partial charge in [0.05, 0.1) is 19.6 Å². The summed E-state index contributed by atoms with van der Waals surface area (Å²) in [6.45, 7) is -0.474. The minimum atomic E-state index is -1.31. The number of carbonyl (C=O) groups is 2. The third-order valence-electron chi connectivity index (χ3n) is 3.33. The number of nitrogens with zero attached hydrogens (tertiary/aromatic N) is 1. The van der Waals surface area contributed by atoms with Gasteiger partial charge in [-0.3, -0.25) is 10.1 Å². The van der Waals surface area contributed by atoms with Crippen LogP contribution >= 0.6 is 0 Å². The molecule has 2 amide bonds. The van der Waals surface area contributed by atoms with Crippen molar-refractivity contribution < 1.29 is 34.4 Å². The highest BCUT2D eigenvalue weighted by Gasteiger charge is 2.47. The number of alkyl carbamates (subject to hydrolysis) is 1. The van der Waals surface area contributed by atoms with Crippen LogP contribution in [-0.4, -0.2) is 71.3 Å². The standard InChI is InChI=1S/C12H16N2O7/c1-20-12(19)14-7-3-2-5(11(18)13-7)10-9(17)8(16)6(4-15)21-10/h2-3,5-6,8-10,15-17H,4H2,1H3,(H,13,14,18,19)/t5?,6-,8-,9+,10+/m1/s1. The molecule has 0 aromatic rings. The number of carbonyl (C=O) groups excluding carboxylic acids is 2. The SMILES string of the molecule is COC(=O)NC1=NC(=O)C([C@@H]2O[C@H](CO)[C@@H](O)[C@@H]2O)C=C1. The average Bonchev–Trinajstić information content (AvgIpc) is 2.75. The van der Waals surface area contributed by atoms with Gasteiger partial charge in [-0.15, -0.1) is 0 Å². The molecule has 0 spiro atoms. The Morgan fingerprint density at radius 2 is 2.19 bits per heavy atom. The normalized spacial score (nSPS) is 35.5. The van der Waals surface area contributed by atoms with Crippen molar-refractivity contribution in [2.75, 3.05) is 13.7 Å². The monoisotopic (exact) mass is 300 g/mol. The highest BCUT2D eigenvalue weighted by molar-refractivity contribution is 6.09. The maximum atomic E-state index is 11.9. The van der Waals surface area contributed by atoms with Crippen molar-refractivity contribution in [3.63, 3.8) is 0 Å². The fourth-order valence-electron chi connectivity index (χ4n) is 2.21. The van der Waals surface area contributed by atoms with Crippen LogP contribution in [-0.2, 0) is 14.3 Å². The Morgan fingerprint density at radius 3 is 2.71 bits per heavy atom. The van der Waals surface area contributed by atoms with E-state index in [1.165, 1.54) is 19.3 Å². The van der Waals surface area contributed by atoms with E-state index in [9.17, 15) is 19.8 Å². The Kier molecular flexibility index (Phi) is 4.68. The fraction of sp³-hybridized carbons (Fsp3) is 0.583. The van der Waals surface area contributed by atoms with Gasteiger partial charge in [0.2, 0.25) is 0 Å². The number of aliphatic hydroxyl groups is 3. The number of nitrogens with one attached hydrogen (secondary N) is 1. The van der Waals surface area contributed by atoms with E-state index >= 15 is 0 Å². The largest absolute Gasteiger partial charge is 0.453 e. The molecule has 9 nitrogen and oxygen atoms in total. The van der Waals surface area contributed by atoms with Crippen molar-refractivity contribution in [1.82, 2.24) is 5.32 Å². The molecule has 0 saturated carbocycles. The first kappa shape index (κ1) is 15.6. The van der Waals surface area contributed by atoms with Gasteiger partial charge in [-0.1, -0.05) is 6.08 Å². The first-order valence-electron chi connectivity index (χ1n) is 6.26. The maximum Gasteiger partial charge on any atom is 0.412 e. The highest BCUT2D eigenvalue weighted by Crippen LogP contribution is 2.29. The molecule has 0 aliphatic carbocycles. The second kappa shape index (κ2) is 6.31. The molecule has 1 unspecified atom stereocenters. The van der Waals surface area contributed by atoms with Gasteiger partial charge in [0.1, 0.15) is 30.3 Å². The molecule has 0 aromatic heterocycles. The van der Waals surface area contributed by atoms with Crippen LogP contribution in [0.3, 0.4) is 0 Å². The number of hydrogen-bond acceptors (Lipinski definition) is 7. The van der Waals surface area contributed by atoms with Gasteiger partial charge in [-0.2, -0.15) is 4.99 Å². The smallest absolute Gasteiger partial charge is 0.412 e. The number of dihydropyridines is 1. The number of ether oxygens (including phenoxy) is 2. The number of amidine groups is 1. The summed E-state index contributed by atoms with van der Waals surface area (Å²) in [5, 5.41) is 30.8. The predicted molar refractivity (Wildman–Crippen MR) is 68.4 cm³/mol. The average molecular weight is 300 g/mol. The molecular weight excluding hydrogens is 284 g/mol. The topological polar surface area (TPSA) is 138 Å². The molecule has 116 valence electrons. The third kappa shape index (κ3) is 3.10. The van der Waals surface area contributed by atoms with Crippen molar-refractivity contribution in [2.24, 2.45) is 10.9 Å². The Balaban J connectivity index is 2.06. The van der Waals surface area contributed by atoms with Crippen LogP contribution in [0.25, 0.3) is 0 Å². The molecule has 4 N–H and O–H groups in total. The van der Waals surface area contributed by atoms with Crippen LogP contribution in [0.1, 0.15) is 0 Å². The molecule has 2 rings (SSSR count). The number of aliphatic hydroxyl groups excluding tert-OH is 3. The fourth-order valence-corrected chi connectivity index (χ4v) is 2.21. The summed E-state index contributed by atoms with van der Waals surface area (Å²) < 4.78 is 9.65. The number of aliphatic imine (C=N–C) groups is 1. The van der Waals surface area contributed by atoms with E-state index in [0.29, 0.717) is 0 Å². The van der Waals surface area contributed by atoms with Crippen molar-refractivity contribution in [3.05, 3.63) is 12.2 Å². The lowest BCUT2D eigenvalue weighted by atomic mass is 9.93. The van der Waals surface area contributed by atoms with E-state index < -0.39 is 48.9 Å². The number of hydrogen-bond donors (Lipinski definition) is 4. The van der Waals surface area contributed by atoms with E-state index in [1.807, 2.05) is 0 Å². The number of methoxy groups -OCH3 is 1. The van der Waals surface area contributed by atoms with Crippen LogP contribution in [0.2, 0.25) is 0 Å². The molecule has 2 aliphatic heterocycles. The Hall–Kier alpha value is -1.81. The van der Waals surface area contributed by atoms with E-state index in [2.05, 4.69) is 15.0 Å². The van der Waals surface area contributed by atoms with E-state index in [0.717, 1.165) is 0 Å². The number of amides is 2. The van der Waals surface area contributed by atoms with Crippen LogP contribution < -0.4 is 5.32 Å². The zero-order valence-corrected chi connectivity index (χ0v) is 11.2. The van der Waals surface area contributed by atoms with Gasteiger partial charge in [-0.05, 0) is 6.08 Å². The quantitative estimate of drug-likeness (QED) is 0.460. The van der Waals surface area contributed by atoms with E-state index in [-0.39, 0.29) is 5.84 Å². The summed E-state index contributed by atoms with van der Waals surface area (Å²) >= 11 is 0. The van der Waals surface area contributed by atoms with Crippen molar-refractivity contribution in [1.29, 1.82) is 0 Å². The molecule has 0 radical (unpaired) electrons. The van der Waals surface area contributed by atoms with Crippen LogP contribution in [0.15, 0.2) is 17.1 Å². The van der Waals surface area contributed by atoms with Gasteiger partial charge in [0.25, 0.3) is 5.91 Å². The lowest BCUT2D eigenvalue weighted by Crippen LogP contribution is -2.40. The maximum absolute atomic E-state index is 11.9. The summed E-state index contributed by atoms with van der Waals surface area (Å²) in [6.07, 6.45) is -2.55. The molecule has 21 heavy (non-hydrogen) atoms. The molecule has 9 heteroatoms. The van der Waals surface area contributed by atoms with Crippen molar-refractivity contribution in [2.45, 2.75) is 24.4 Å². The summed E-state index contributed by atoms with van der Waals surface area (Å²) in [4.78, 5) is 26.6. The van der Waals surface area contributed by atoms with Crippen molar-refractivity contribution >= 4 is 17.8 Å². The first-order valence-corrected chi connectivity index (χ1v) is 6.26. The van der Waals surface area contributed by atoms with E-state index in [1.54, 1.807) is 0 Å². The zero-order valence-electron chi connectivity index (χ0n) is 11.2. The van der Waals surface area contributed by atoms with Gasteiger partial charge >= 0.3 is 6.09 Å². The predicted octanol–water partition coefficient (Wildman–Crippen LogP) is -2.06. The highest BCUT2D eigenvalue weighted by atomic mass is 16.6. The molecule has 2 aliphatic rings. The first-order chi connectivity index (χ1) is 9.97. The molecule has 2 heterocycles. The minimum absolute atomic E-state index is 0.00911. The Labute approximate surface area is 119 Å². The summed E-state index contributed by atoms with van der Waals surface area (Å²) in [5.41, 5.74) is 0. The van der Waals surface area contributed by atoms with Gasteiger partial charge in [0, 0.05) is 0 Å². The minimum Gasteiger partial charge on any atom is -0.453 e. The van der Waals surface area contributed by atoms with Gasteiger partial charge < -0.3 is 24.8 Å². The number of rotatable bonds is 2.